The SMILES string of the molecule is NNC(=O)c1cc(-c2ccc(C#Cc3ccc(CN4CCOCC4)cc3)cc2)nc2ccncc12. The van der Waals surface area contributed by atoms with Crippen molar-refractivity contribution in [1.29, 1.82) is 0 Å². The number of benzene rings is 2. The quantitative estimate of drug-likeness (QED) is 0.209. The van der Waals surface area contributed by atoms with Gasteiger partial charge in [-0.15, -0.1) is 0 Å². The zero-order valence-electron chi connectivity index (χ0n) is 19.2. The van der Waals surface area contributed by atoms with Crippen LogP contribution in [-0.4, -0.2) is 47.1 Å². The Morgan fingerprint density at radius 1 is 1.00 bits per heavy atom. The molecule has 174 valence electrons. The van der Waals surface area contributed by atoms with Gasteiger partial charge in [-0.1, -0.05) is 36.1 Å². The highest BCUT2D eigenvalue weighted by Gasteiger charge is 2.13. The number of nitrogen functional groups attached to an aromatic ring is 1. The van der Waals surface area contributed by atoms with E-state index in [1.54, 1.807) is 24.5 Å². The van der Waals surface area contributed by atoms with Crippen LogP contribution >= 0.6 is 0 Å². The van der Waals surface area contributed by atoms with Gasteiger partial charge in [0.2, 0.25) is 0 Å². The lowest BCUT2D eigenvalue weighted by atomic mass is 10.0. The molecular weight excluding hydrogens is 438 g/mol. The summed E-state index contributed by atoms with van der Waals surface area (Å²) in [5.74, 6) is 11.4. The van der Waals surface area contributed by atoms with Gasteiger partial charge in [0.15, 0.2) is 0 Å². The van der Waals surface area contributed by atoms with Gasteiger partial charge in [-0.3, -0.25) is 20.1 Å². The minimum absolute atomic E-state index is 0.384. The third-order valence-electron chi connectivity index (χ3n) is 5.98. The molecule has 3 heterocycles. The summed E-state index contributed by atoms with van der Waals surface area (Å²) < 4.78 is 5.41. The van der Waals surface area contributed by atoms with Gasteiger partial charge in [-0.2, -0.15) is 0 Å². The number of aromatic nitrogens is 2. The van der Waals surface area contributed by atoms with E-state index in [0.717, 1.165) is 49.5 Å². The highest BCUT2D eigenvalue weighted by atomic mass is 16.5. The number of hydrogen-bond donors (Lipinski definition) is 2. The number of ether oxygens (including phenoxy) is 1. The minimum Gasteiger partial charge on any atom is -0.379 e. The molecule has 35 heavy (non-hydrogen) atoms. The Morgan fingerprint density at radius 3 is 2.37 bits per heavy atom. The van der Waals surface area contributed by atoms with Gasteiger partial charge in [0, 0.05) is 54.1 Å². The number of amides is 1. The molecule has 1 aliphatic rings. The number of carbonyl (C=O) groups excluding carboxylic acids is 1. The Hall–Kier alpha value is -4.09. The third-order valence-corrected chi connectivity index (χ3v) is 5.98. The number of fused-ring (bicyclic) bond motifs is 1. The van der Waals surface area contributed by atoms with E-state index in [9.17, 15) is 4.79 Å². The highest BCUT2D eigenvalue weighted by molar-refractivity contribution is 6.06. The van der Waals surface area contributed by atoms with E-state index < -0.39 is 0 Å². The third kappa shape index (κ3) is 5.36. The maximum Gasteiger partial charge on any atom is 0.265 e. The van der Waals surface area contributed by atoms with Gasteiger partial charge in [0.25, 0.3) is 5.91 Å². The summed E-state index contributed by atoms with van der Waals surface area (Å²) in [6.45, 7) is 4.50. The first-order valence-electron chi connectivity index (χ1n) is 11.5. The molecule has 1 amide bonds. The summed E-state index contributed by atoms with van der Waals surface area (Å²) in [6, 6.07) is 19.7. The molecule has 1 fully saturated rings. The van der Waals surface area contributed by atoms with Gasteiger partial charge in [-0.05, 0) is 42.0 Å². The smallest absolute Gasteiger partial charge is 0.265 e. The molecular formula is C28H25N5O2. The fourth-order valence-electron chi connectivity index (χ4n) is 4.06. The Balaban J connectivity index is 1.32. The molecule has 0 atom stereocenters. The molecule has 2 aromatic carbocycles. The number of pyridine rings is 2. The van der Waals surface area contributed by atoms with E-state index in [-0.39, 0.29) is 5.91 Å². The van der Waals surface area contributed by atoms with Gasteiger partial charge in [0.1, 0.15) is 0 Å². The van der Waals surface area contributed by atoms with Crippen molar-refractivity contribution in [3.8, 4) is 23.1 Å². The van der Waals surface area contributed by atoms with Crippen LogP contribution in [-0.2, 0) is 11.3 Å². The van der Waals surface area contributed by atoms with E-state index in [1.807, 2.05) is 24.3 Å². The van der Waals surface area contributed by atoms with E-state index in [4.69, 9.17) is 10.6 Å². The fourth-order valence-corrected chi connectivity index (χ4v) is 4.06. The van der Waals surface area contributed by atoms with Gasteiger partial charge in [0.05, 0.1) is 30.0 Å². The summed E-state index contributed by atoms with van der Waals surface area (Å²) in [5.41, 5.74) is 8.02. The van der Waals surface area contributed by atoms with Gasteiger partial charge >= 0.3 is 0 Å². The van der Waals surface area contributed by atoms with Crippen LogP contribution in [0.3, 0.4) is 0 Å². The van der Waals surface area contributed by atoms with Gasteiger partial charge in [-0.25, -0.2) is 10.8 Å². The molecule has 1 aliphatic heterocycles. The molecule has 0 radical (unpaired) electrons. The molecule has 0 spiro atoms. The second-order valence-electron chi connectivity index (χ2n) is 8.33. The molecule has 0 aliphatic carbocycles. The van der Waals surface area contributed by atoms with Crippen molar-refractivity contribution in [3.63, 3.8) is 0 Å². The van der Waals surface area contributed by atoms with Crippen LogP contribution < -0.4 is 11.3 Å². The van der Waals surface area contributed by atoms with Crippen molar-refractivity contribution >= 4 is 16.8 Å². The van der Waals surface area contributed by atoms with Crippen LogP contribution in [0.1, 0.15) is 27.0 Å². The van der Waals surface area contributed by atoms with Crippen molar-refractivity contribution in [2.45, 2.75) is 6.54 Å². The molecule has 2 aromatic heterocycles. The average molecular weight is 464 g/mol. The molecule has 4 aromatic rings. The number of carbonyl (C=O) groups is 1. The zero-order chi connectivity index (χ0) is 24.0. The molecule has 0 bridgehead atoms. The average Bonchev–Trinajstić information content (AvgIpc) is 2.92. The Morgan fingerprint density at radius 2 is 1.69 bits per heavy atom. The Kier molecular flexibility index (Phi) is 6.77. The summed E-state index contributed by atoms with van der Waals surface area (Å²) in [6.07, 6.45) is 3.27. The minimum atomic E-state index is -0.384. The van der Waals surface area contributed by atoms with Crippen LogP contribution in [0.5, 0.6) is 0 Å². The zero-order valence-corrected chi connectivity index (χ0v) is 19.2. The van der Waals surface area contributed by atoms with Crippen LogP contribution in [0, 0.1) is 11.8 Å². The second-order valence-corrected chi connectivity index (χ2v) is 8.33. The first-order chi connectivity index (χ1) is 17.2. The van der Waals surface area contributed by atoms with Gasteiger partial charge < -0.3 is 4.74 Å². The summed E-state index contributed by atoms with van der Waals surface area (Å²) >= 11 is 0. The summed E-state index contributed by atoms with van der Waals surface area (Å²) in [4.78, 5) is 23.5. The number of hydrogen-bond acceptors (Lipinski definition) is 6. The number of nitrogens with one attached hydrogen (secondary N) is 1. The first-order valence-corrected chi connectivity index (χ1v) is 11.5. The maximum atomic E-state index is 12.3. The predicted molar refractivity (Wildman–Crippen MR) is 135 cm³/mol. The number of hydrazine groups is 1. The van der Waals surface area contributed by atoms with Crippen molar-refractivity contribution < 1.29 is 9.53 Å². The van der Waals surface area contributed by atoms with E-state index in [2.05, 4.69) is 56.4 Å². The van der Waals surface area contributed by atoms with E-state index in [0.29, 0.717) is 22.2 Å². The molecule has 1 saturated heterocycles. The van der Waals surface area contributed by atoms with Crippen molar-refractivity contribution in [2.24, 2.45) is 5.84 Å². The standard InChI is InChI=1S/C28H25N5O2/c29-32-28(34)24-17-27(31-26-11-12-30-18-25(24)26)23-9-7-21(8-10-23)2-1-20-3-5-22(6-4-20)19-33-13-15-35-16-14-33/h3-12,17-18H,13-16,19,29H2,(H,32,34). The molecule has 0 unspecified atom stereocenters. The molecule has 0 saturated carbocycles. The fraction of sp³-hybridized carbons (Fsp3) is 0.179. The van der Waals surface area contributed by atoms with E-state index in [1.165, 1.54) is 5.56 Å². The van der Waals surface area contributed by atoms with E-state index >= 15 is 0 Å². The first kappa shape index (κ1) is 22.7. The second kappa shape index (κ2) is 10.5. The number of morpholine rings is 1. The van der Waals surface area contributed by atoms with Crippen LogP contribution in [0.2, 0.25) is 0 Å². The highest BCUT2D eigenvalue weighted by Crippen LogP contribution is 2.24. The normalized spacial score (nSPS) is 13.7. The lowest BCUT2D eigenvalue weighted by Crippen LogP contribution is -2.35. The molecule has 3 N–H and O–H groups in total. The van der Waals surface area contributed by atoms with Crippen LogP contribution in [0.25, 0.3) is 22.2 Å². The number of nitrogens with zero attached hydrogens (tertiary/aromatic N) is 3. The predicted octanol–water partition coefficient (Wildman–Crippen LogP) is 3.13. The lowest BCUT2D eigenvalue weighted by Gasteiger charge is -2.26. The van der Waals surface area contributed by atoms with Crippen molar-refractivity contribution in [3.05, 3.63) is 95.3 Å². The Labute approximate surface area is 203 Å². The number of rotatable bonds is 4. The Bertz CT molecular complexity index is 1400. The lowest BCUT2D eigenvalue weighted by molar-refractivity contribution is 0.0342. The maximum absolute atomic E-state index is 12.3. The monoisotopic (exact) mass is 463 g/mol. The van der Waals surface area contributed by atoms with Crippen molar-refractivity contribution in [2.75, 3.05) is 26.3 Å². The van der Waals surface area contributed by atoms with Crippen LogP contribution in [0.15, 0.2) is 73.1 Å². The largest absolute Gasteiger partial charge is 0.379 e. The molecule has 5 rings (SSSR count). The van der Waals surface area contributed by atoms with Crippen LogP contribution in [0.4, 0.5) is 0 Å². The molecule has 7 heteroatoms. The van der Waals surface area contributed by atoms with Crippen molar-refractivity contribution in [1.82, 2.24) is 20.3 Å². The summed E-state index contributed by atoms with van der Waals surface area (Å²) in [5, 5.41) is 0.651. The molecule has 7 nitrogen and oxygen atoms in total. The number of nitrogens with two attached hydrogens (primary N) is 1. The topological polar surface area (TPSA) is 93.4 Å². The summed E-state index contributed by atoms with van der Waals surface area (Å²) in [7, 11) is 0.